The highest BCUT2D eigenvalue weighted by molar-refractivity contribution is 9.10. The first-order valence-corrected chi connectivity index (χ1v) is 7.54. The number of H-pyrrole nitrogens is 1. The van der Waals surface area contributed by atoms with Crippen LogP contribution in [0.15, 0.2) is 28.7 Å². The van der Waals surface area contributed by atoms with Gasteiger partial charge in [-0.15, -0.1) is 0 Å². The van der Waals surface area contributed by atoms with Crippen LogP contribution in [0.3, 0.4) is 0 Å². The van der Waals surface area contributed by atoms with E-state index in [0.717, 1.165) is 28.0 Å². The molecule has 0 aliphatic heterocycles. The molecule has 0 unspecified atom stereocenters. The van der Waals surface area contributed by atoms with Gasteiger partial charge in [0.15, 0.2) is 0 Å². The lowest BCUT2D eigenvalue weighted by Crippen LogP contribution is -2.03. The Hall–Kier alpha value is -1.00. The summed E-state index contributed by atoms with van der Waals surface area (Å²) in [6.45, 7) is 6.46. The van der Waals surface area contributed by atoms with Crippen molar-refractivity contribution in [3.05, 3.63) is 44.6 Å². The van der Waals surface area contributed by atoms with Crippen molar-refractivity contribution in [2.75, 3.05) is 0 Å². The second kappa shape index (κ2) is 5.97. The van der Waals surface area contributed by atoms with E-state index < -0.39 is 0 Å². The van der Waals surface area contributed by atoms with E-state index in [1.807, 2.05) is 12.1 Å². The zero-order valence-corrected chi connectivity index (χ0v) is 13.7. The average molecular weight is 337 g/mol. The number of halogens is 1. The molecule has 4 heteroatoms. The largest absolute Gasteiger partial charge is 0.342 e. The number of rotatable bonds is 3. The summed E-state index contributed by atoms with van der Waals surface area (Å²) in [5.74, 6) is 1.41. The van der Waals surface area contributed by atoms with Gasteiger partial charge >= 0.3 is 0 Å². The van der Waals surface area contributed by atoms with Gasteiger partial charge in [-0.25, -0.2) is 4.98 Å². The van der Waals surface area contributed by atoms with Crippen molar-refractivity contribution < 1.29 is 0 Å². The van der Waals surface area contributed by atoms with Gasteiger partial charge < -0.3 is 4.98 Å². The van der Waals surface area contributed by atoms with E-state index in [1.165, 1.54) is 5.56 Å². The summed E-state index contributed by atoms with van der Waals surface area (Å²) in [4.78, 5) is 7.90. The summed E-state index contributed by atoms with van der Waals surface area (Å²) in [5.41, 5.74) is 3.41. The van der Waals surface area contributed by atoms with Crippen LogP contribution in [0.25, 0.3) is 11.4 Å². The zero-order chi connectivity index (χ0) is 14.0. The monoisotopic (exact) mass is 336 g/mol. The highest BCUT2D eigenvalue weighted by atomic mass is 79.9. The summed E-state index contributed by atoms with van der Waals surface area (Å²) in [5, 5.41) is 0. The number of nitrogens with zero attached hydrogens (tertiary/aromatic N) is 1. The molecule has 0 aliphatic carbocycles. The Labute approximate surface area is 127 Å². The van der Waals surface area contributed by atoms with Gasteiger partial charge in [0.1, 0.15) is 10.5 Å². The third-order valence-electron chi connectivity index (χ3n) is 2.95. The minimum atomic E-state index is 0.564. The highest BCUT2D eigenvalue weighted by Crippen LogP contribution is 2.24. The molecule has 100 valence electrons. The molecule has 0 spiro atoms. The Morgan fingerprint density at radius 2 is 2.00 bits per heavy atom. The van der Waals surface area contributed by atoms with Crippen LogP contribution in [0.5, 0.6) is 0 Å². The highest BCUT2D eigenvalue weighted by Gasteiger charge is 2.10. The lowest BCUT2D eigenvalue weighted by atomic mass is 10.1. The van der Waals surface area contributed by atoms with E-state index in [9.17, 15) is 0 Å². The summed E-state index contributed by atoms with van der Waals surface area (Å²) in [6, 6.07) is 8.19. The van der Waals surface area contributed by atoms with E-state index in [1.54, 1.807) is 0 Å². The molecule has 0 fully saturated rings. The fourth-order valence-corrected chi connectivity index (χ4v) is 2.58. The number of aromatic nitrogens is 2. The summed E-state index contributed by atoms with van der Waals surface area (Å²) in [6.07, 6.45) is 0.950. The molecule has 0 atom stereocenters. The molecule has 0 saturated carbocycles. The molecule has 0 radical (unpaired) electrons. The molecular weight excluding hydrogens is 320 g/mol. The lowest BCUT2D eigenvalue weighted by molar-refractivity contribution is 0.632. The lowest BCUT2D eigenvalue weighted by Gasteiger charge is -2.11. The quantitative estimate of drug-likeness (QED) is 0.792. The second-order valence-electron chi connectivity index (χ2n) is 5.10. The minimum Gasteiger partial charge on any atom is -0.342 e. The molecule has 2 rings (SSSR count). The van der Waals surface area contributed by atoms with E-state index in [-0.39, 0.29) is 0 Å². The Morgan fingerprint density at radius 3 is 2.63 bits per heavy atom. The van der Waals surface area contributed by atoms with Crippen LogP contribution < -0.4 is 0 Å². The second-order valence-corrected chi connectivity index (χ2v) is 6.28. The molecule has 0 aliphatic rings. The van der Waals surface area contributed by atoms with Crippen molar-refractivity contribution in [2.45, 2.75) is 27.2 Å². The third-order valence-corrected chi connectivity index (χ3v) is 4.36. The molecule has 1 heterocycles. The molecule has 1 aromatic heterocycles. The zero-order valence-electron chi connectivity index (χ0n) is 11.3. The Morgan fingerprint density at radius 1 is 1.32 bits per heavy atom. The molecular formula is C15H17BrN2S. The molecule has 0 saturated heterocycles. The first kappa shape index (κ1) is 14.4. The summed E-state index contributed by atoms with van der Waals surface area (Å²) in [7, 11) is 0. The summed E-state index contributed by atoms with van der Waals surface area (Å²) < 4.78 is 1.53. The predicted molar refractivity (Wildman–Crippen MR) is 85.8 cm³/mol. The SMILES string of the molecule is Cc1ccccc1-c1nc(=S)c(Br)c(CC(C)C)[nH]1. The molecule has 2 aromatic rings. The fraction of sp³-hybridized carbons (Fsp3) is 0.333. The van der Waals surface area contributed by atoms with Gasteiger partial charge in [-0.05, 0) is 40.8 Å². The van der Waals surface area contributed by atoms with Gasteiger partial charge in [0, 0.05) is 11.3 Å². The van der Waals surface area contributed by atoms with Crippen molar-refractivity contribution in [3.63, 3.8) is 0 Å². The van der Waals surface area contributed by atoms with E-state index in [0.29, 0.717) is 10.6 Å². The molecule has 0 amide bonds. The first-order valence-electron chi connectivity index (χ1n) is 6.33. The maximum Gasteiger partial charge on any atom is 0.144 e. The number of hydrogen-bond acceptors (Lipinski definition) is 2. The van der Waals surface area contributed by atoms with Gasteiger partial charge in [0.25, 0.3) is 0 Å². The number of nitrogens with one attached hydrogen (secondary N) is 1. The molecule has 1 aromatic carbocycles. The van der Waals surface area contributed by atoms with E-state index in [4.69, 9.17) is 12.2 Å². The first-order chi connectivity index (χ1) is 8.99. The average Bonchev–Trinajstić information content (AvgIpc) is 2.35. The standard InChI is InChI=1S/C15H17BrN2S/c1-9(2)8-12-13(16)15(19)18-14(17-12)11-7-5-4-6-10(11)3/h4-7,9H,8H2,1-3H3,(H,17,18,19). The normalized spacial score (nSPS) is 11.0. The Balaban J connectivity index is 2.57. The van der Waals surface area contributed by atoms with Gasteiger partial charge in [-0.2, -0.15) is 0 Å². The van der Waals surface area contributed by atoms with Gasteiger partial charge in [-0.3, -0.25) is 0 Å². The van der Waals surface area contributed by atoms with Crippen molar-refractivity contribution in [1.82, 2.24) is 9.97 Å². The van der Waals surface area contributed by atoms with E-state index in [2.05, 4.69) is 58.8 Å². The van der Waals surface area contributed by atoms with Crippen molar-refractivity contribution in [3.8, 4) is 11.4 Å². The van der Waals surface area contributed by atoms with Crippen molar-refractivity contribution >= 4 is 28.1 Å². The van der Waals surface area contributed by atoms with Crippen LogP contribution >= 0.6 is 28.1 Å². The third kappa shape index (κ3) is 3.31. The maximum atomic E-state index is 5.35. The van der Waals surface area contributed by atoms with Crippen molar-refractivity contribution in [1.29, 1.82) is 0 Å². The summed E-state index contributed by atoms with van der Waals surface area (Å²) >= 11 is 8.88. The fourth-order valence-electron chi connectivity index (χ4n) is 2.02. The number of hydrogen-bond donors (Lipinski definition) is 1. The van der Waals surface area contributed by atoms with Crippen LogP contribution in [-0.2, 0) is 6.42 Å². The number of benzene rings is 1. The topological polar surface area (TPSA) is 28.7 Å². The van der Waals surface area contributed by atoms with Gasteiger partial charge in [-0.1, -0.05) is 50.3 Å². The predicted octanol–water partition coefficient (Wildman–Crippen LogP) is 5.08. The van der Waals surface area contributed by atoms with E-state index >= 15 is 0 Å². The number of aryl methyl sites for hydroxylation is 1. The van der Waals surface area contributed by atoms with Crippen LogP contribution in [0.1, 0.15) is 25.1 Å². The smallest absolute Gasteiger partial charge is 0.144 e. The van der Waals surface area contributed by atoms with Gasteiger partial charge in [0.2, 0.25) is 0 Å². The van der Waals surface area contributed by atoms with Crippen LogP contribution in [0.4, 0.5) is 0 Å². The van der Waals surface area contributed by atoms with Crippen LogP contribution in [0, 0.1) is 17.5 Å². The minimum absolute atomic E-state index is 0.564. The van der Waals surface area contributed by atoms with Crippen LogP contribution in [-0.4, -0.2) is 9.97 Å². The maximum absolute atomic E-state index is 5.35. The van der Waals surface area contributed by atoms with Crippen molar-refractivity contribution in [2.24, 2.45) is 5.92 Å². The molecule has 2 nitrogen and oxygen atoms in total. The molecule has 19 heavy (non-hydrogen) atoms. The molecule has 1 N–H and O–H groups in total. The van der Waals surface area contributed by atoms with Crippen LogP contribution in [0.2, 0.25) is 0 Å². The number of aromatic amines is 1. The molecule has 0 bridgehead atoms. The Bertz CT molecular complexity index is 647. The Kier molecular flexibility index (Phi) is 4.53. The van der Waals surface area contributed by atoms with Gasteiger partial charge in [0.05, 0.1) is 4.47 Å².